The monoisotopic (exact) mass is 233 g/mol. The number of carbonyl (C=O) groups is 1. The smallest absolute Gasteiger partial charge is 0.254 e. The fourth-order valence-corrected chi connectivity index (χ4v) is 1.60. The van der Waals surface area contributed by atoms with Crippen LogP contribution in [0.5, 0.6) is 0 Å². The Hall–Kier alpha value is -1.48. The van der Waals surface area contributed by atoms with Crippen molar-refractivity contribution in [3.8, 4) is 0 Å². The first-order valence-electron chi connectivity index (χ1n) is 4.99. The maximum Gasteiger partial charge on any atom is 0.254 e. The summed E-state index contributed by atoms with van der Waals surface area (Å²) in [6.45, 7) is 8.30. The Morgan fingerprint density at radius 3 is 2.44 bits per heavy atom. The fraction of sp³-hybridized carbons (Fsp3) is 0.154. The fourth-order valence-electron chi connectivity index (χ4n) is 1.37. The van der Waals surface area contributed by atoms with Gasteiger partial charge in [0.05, 0.1) is 0 Å². The van der Waals surface area contributed by atoms with E-state index in [2.05, 4.69) is 25.8 Å². The second-order valence-corrected chi connectivity index (χ2v) is 3.85. The average molecular weight is 233 g/mol. The Balaban J connectivity index is 2.89. The summed E-state index contributed by atoms with van der Waals surface area (Å²) in [7, 11) is 0. The first-order valence-corrected chi connectivity index (χ1v) is 5.44. The number of nitrogens with zero attached hydrogens (tertiary/aromatic N) is 1. The molecule has 2 nitrogen and oxygen atoms in total. The van der Waals surface area contributed by atoms with Gasteiger partial charge in [-0.05, 0) is 18.2 Å². The molecule has 1 rings (SSSR count). The van der Waals surface area contributed by atoms with Crippen molar-refractivity contribution >= 4 is 18.5 Å². The molecule has 0 unspecified atom stereocenters. The highest BCUT2D eigenvalue weighted by molar-refractivity contribution is 7.80. The third-order valence-electron chi connectivity index (χ3n) is 2.08. The molecule has 0 heterocycles. The minimum atomic E-state index is -0.0318. The molecule has 84 valence electrons. The van der Waals surface area contributed by atoms with Crippen molar-refractivity contribution in [3.05, 3.63) is 55.1 Å². The van der Waals surface area contributed by atoms with Crippen molar-refractivity contribution in [2.24, 2.45) is 0 Å². The number of rotatable bonds is 5. The zero-order valence-electron chi connectivity index (χ0n) is 9.10. The molecular formula is C13H15NOS. The highest BCUT2D eigenvalue weighted by atomic mass is 32.1. The molecule has 1 aromatic carbocycles. The summed E-state index contributed by atoms with van der Waals surface area (Å²) in [4.78, 5) is 14.5. The van der Waals surface area contributed by atoms with Crippen molar-refractivity contribution in [1.29, 1.82) is 0 Å². The topological polar surface area (TPSA) is 20.3 Å². The van der Waals surface area contributed by atoms with Gasteiger partial charge >= 0.3 is 0 Å². The largest absolute Gasteiger partial charge is 0.331 e. The van der Waals surface area contributed by atoms with Gasteiger partial charge in [0.25, 0.3) is 5.91 Å². The lowest BCUT2D eigenvalue weighted by molar-refractivity contribution is 0.0790. The Kier molecular flexibility index (Phi) is 4.86. The third-order valence-corrected chi connectivity index (χ3v) is 2.36. The molecular weight excluding hydrogens is 218 g/mol. The summed E-state index contributed by atoms with van der Waals surface area (Å²) in [5.41, 5.74) is 0.635. The predicted octanol–water partition coefficient (Wildman–Crippen LogP) is 2.79. The van der Waals surface area contributed by atoms with E-state index in [9.17, 15) is 4.79 Å². The van der Waals surface area contributed by atoms with Crippen LogP contribution < -0.4 is 0 Å². The Morgan fingerprint density at radius 2 is 1.94 bits per heavy atom. The van der Waals surface area contributed by atoms with Gasteiger partial charge in [-0.2, -0.15) is 0 Å². The molecule has 0 aliphatic rings. The normalized spacial score (nSPS) is 9.56. The maximum atomic E-state index is 12.1. The van der Waals surface area contributed by atoms with E-state index in [1.165, 1.54) is 0 Å². The number of hydrogen-bond acceptors (Lipinski definition) is 2. The van der Waals surface area contributed by atoms with Crippen LogP contribution >= 0.6 is 12.6 Å². The third kappa shape index (κ3) is 3.28. The van der Waals surface area contributed by atoms with Crippen molar-refractivity contribution < 1.29 is 4.79 Å². The van der Waals surface area contributed by atoms with Crippen LogP contribution in [0.1, 0.15) is 10.4 Å². The minimum absolute atomic E-state index is 0.0318. The second kappa shape index (κ2) is 6.18. The van der Waals surface area contributed by atoms with Gasteiger partial charge in [0, 0.05) is 23.5 Å². The second-order valence-electron chi connectivity index (χ2n) is 3.34. The van der Waals surface area contributed by atoms with E-state index in [1.807, 2.05) is 12.1 Å². The van der Waals surface area contributed by atoms with Gasteiger partial charge in [0.2, 0.25) is 0 Å². The summed E-state index contributed by atoms with van der Waals surface area (Å²) >= 11 is 4.21. The van der Waals surface area contributed by atoms with E-state index in [1.54, 1.807) is 29.2 Å². The molecule has 1 aromatic rings. The summed E-state index contributed by atoms with van der Waals surface area (Å²) in [6, 6.07) is 7.19. The average Bonchev–Trinajstić information content (AvgIpc) is 2.28. The van der Waals surface area contributed by atoms with E-state index in [4.69, 9.17) is 0 Å². The summed E-state index contributed by atoms with van der Waals surface area (Å²) in [5.74, 6) is -0.0318. The quantitative estimate of drug-likeness (QED) is 0.612. The maximum absolute atomic E-state index is 12.1. The van der Waals surface area contributed by atoms with Gasteiger partial charge in [-0.1, -0.05) is 18.2 Å². The molecule has 0 aromatic heterocycles. The van der Waals surface area contributed by atoms with Crippen molar-refractivity contribution in [2.75, 3.05) is 13.1 Å². The molecule has 3 heteroatoms. The molecule has 0 aliphatic heterocycles. The molecule has 0 aliphatic carbocycles. The zero-order chi connectivity index (χ0) is 12.0. The van der Waals surface area contributed by atoms with Crippen LogP contribution in [-0.4, -0.2) is 23.9 Å². The lowest BCUT2D eigenvalue weighted by Crippen LogP contribution is -2.31. The molecule has 0 saturated carbocycles. The van der Waals surface area contributed by atoms with Gasteiger partial charge in [-0.15, -0.1) is 25.8 Å². The number of carbonyl (C=O) groups excluding carboxylic acids is 1. The number of benzene rings is 1. The van der Waals surface area contributed by atoms with E-state index in [-0.39, 0.29) is 5.91 Å². The highest BCUT2D eigenvalue weighted by Gasteiger charge is 2.12. The van der Waals surface area contributed by atoms with Crippen molar-refractivity contribution in [1.82, 2.24) is 4.90 Å². The van der Waals surface area contributed by atoms with Crippen LogP contribution in [-0.2, 0) is 0 Å². The van der Waals surface area contributed by atoms with E-state index < -0.39 is 0 Å². The number of amides is 1. The Morgan fingerprint density at radius 1 is 1.31 bits per heavy atom. The molecule has 0 radical (unpaired) electrons. The molecule has 0 atom stereocenters. The van der Waals surface area contributed by atoms with Crippen LogP contribution in [0.25, 0.3) is 0 Å². The SMILES string of the molecule is C=CCN(CC=C)C(=O)c1cccc(S)c1. The van der Waals surface area contributed by atoms with Gasteiger partial charge in [-0.3, -0.25) is 4.79 Å². The molecule has 0 spiro atoms. The summed E-state index contributed by atoms with van der Waals surface area (Å²) in [6.07, 6.45) is 3.40. The number of hydrogen-bond donors (Lipinski definition) is 1. The Labute approximate surface area is 102 Å². The lowest BCUT2D eigenvalue weighted by atomic mass is 10.2. The molecule has 0 bridgehead atoms. The van der Waals surface area contributed by atoms with Gasteiger partial charge in [-0.25, -0.2) is 0 Å². The summed E-state index contributed by atoms with van der Waals surface area (Å²) in [5, 5.41) is 0. The Bertz CT molecular complexity index is 391. The highest BCUT2D eigenvalue weighted by Crippen LogP contribution is 2.11. The van der Waals surface area contributed by atoms with E-state index >= 15 is 0 Å². The van der Waals surface area contributed by atoms with Crippen LogP contribution in [0.3, 0.4) is 0 Å². The molecule has 0 fully saturated rings. The molecule has 1 amide bonds. The van der Waals surface area contributed by atoms with Crippen LogP contribution in [0.15, 0.2) is 54.5 Å². The van der Waals surface area contributed by atoms with Crippen LogP contribution in [0.2, 0.25) is 0 Å². The zero-order valence-corrected chi connectivity index (χ0v) is 9.99. The van der Waals surface area contributed by atoms with Gasteiger partial charge in [0.1, 0.15) is 0 Å². The van der Waals surface area contributed by atoms with Gasteiger partial charge < -0.3 is 4.90 Å². The van der Waals surface area contributed by atoms with E-state index in [0.29, 0.717) is 18.7 Å². The minimum Gasteiger partial charge on any atom is -0.331 e. The first-order chi connectivity index (χ1) is 7.69. The summed E-state index contributed by atoms with van der Waals surface area (Å²) < 4.78 is 0. The predicted molar refractivity (Wildman–Crippen MR) is 70.0 cm³/mol. The molecule has 0 saturated heterocycles. The van der Waals surface area contributed by atoms with Crippen LogP contribution in [0, 0.1) is 0 Å². The number of thiol groups is 1. The van der Waals surface area contributed by atoms with E-state index in [0.717, 1.165) is 4.90 Å². The lowest BCUT2D eigenvalue weighted by Gasteiger charge is -2.19. The molecule has 16 heavy (non-hydrogen) atoms. The van der Waals surface area contributed by atoms with Gasteiger partial charge in [0.15, 0.2) is 0 Å². The first kappa shape index (κ1) is 12.6. The van der Waals surface area contributed by atoms with Crippen molar-refractivity contribution in [2.45, 2.75) is 4.90 Å². The van der Waals surface area contributed by atoms with Crippen molar-refractivity contribution in [3.63, 3.8) is 0 Å². The standard InChI is InChI=1S/C13H15NOS/c1-3-8-14(9-4-2)13(15)11-6-5-7-12(16)10-11/h3-7,10,16H,1-2,8-9H2. The van der Waals surface area contributed by atoms with Crippen LogP contribution in [0.4, 0.5) is 0 Å². The molecule has 0 N–H and O–H groups in total.